The van der Waals surface area contributed by atoms with Crippen molar-refractivity contribution >= 4 is 23.8 Å². The van der Waals surface area contributed by atoms with E-state index in [9.17, 15) is 9.59 Å². The molecule has 0 aliphatic carbocycles. The van der Waals surface area contributed by atoms with E-state index in [4.69, 9.17) is 4.74 Å². The second kappa shape index (κ2) is 11.7. The molecule has 0 radical (unpaired) electrons. The fraction of sp³-hybridized carbons (Fsp3) is 0.867. The Morgan fingerprint density at radius 2 is 1.76 bits per heavy atom. The van der Waals surface area contributed by atoms with Crippen LogP contribution in [0.15, 0.2) is 0 Å². The maximum Gasteiger partial charge on any atom is 0.328 e. The summed E-state index contributed by atoms with van der Waals surface area (Å²) in [6.07, 6.45) is 5.73. The third-order valence-corrected chi connectivity index (χ3v) is 3.84. The molecule has 0 aliphatic heterocycles. The van der Waals surface area contributed by atoms with Crippen molar-refractivity contribution in [1.82, 2.24) is 10.6 Å². The Labute approximate surface area is 133 Å². The summed E-state index contributed by atoms with van der Waals surface area (Å²) in [6, 6.07) is -0.781. The van der Waals surface area contributed by atoms with Crippen LogP contribution in [0.1, 0.15) is 46.5 Å². The number of carbonyl (C=O) groups excluding carboxylic acids is 2. The lowest BCUT2D eigenvalue weighted by atomic mass is 10.0. The third kappa shape index (κ3) is 10.5. The number of amides is 2. The highest BCUT2D eigenvalue weighted by Gasteiger charge is 2.21. The molecule has 5 nitrogen and oxygen atoms in total. The molecule has 0 spiro atoms. The first kappa shape index (κ1) is 20.1. The Morgan fingerprint density at radius 3 is 2.29 bits per heavy atom. The van der Waals surface area contributed by atoms with Crippen molar-refractivity contribution < 1.29 is 14.3 Å². The van der Waals surface area contributed by atoms with Crippen LogP contribution in [-0.2, 0) is 9.53 Å². The maximum atomic E-state index is 11.9. The SMILES string of the molecule is COC(=O)C(CCSC)NC(=O)NC(C)CCCC(C)C. The van der Waals surface area contributed by atoms with Crippen LogP contribution in [0.2, 0.25) is 0 Å². The Hall–Kier alpha value is -0.910. The number of thioether (sulfide) groups is 1. The molecule has 0 saturated heterocycles. The van der Waals surface area contributed by atoms with Crippen LogP contribution in [-0.4, -0.2) is 43.2 Å². The highest BCUT2D eigenvalue weighted by molar-refractivity contribution is 7.98. The fourth-order valence-corrected chi connectivity index (χ4v) is 2.43. The molecule has 2 amide bonds. The molecule has 0 aromatic rings. The topological polar surface area (TPSA) is 67.4 Å². The van der Waals surface area contributed by atoms with E-state index in [1.165, 1.54) is 7.11 Å². The van der Waals surface area contributed by atoms with Crippen molar-refractivity contribution in [2.45, 2.75) is 58.5 Å². The summed E-state index contributed by atoms with van der Waals surface area (Å²) in [4.78, 5) is 23.5. The summed E-state index contributed by atoms with van der Waals surface area (Å²) in [5, 5.41) is 5.57. The smallest absolute Gasteiger partial charge is 0.328 e. The summed E-state index contributed by atoms with van der Waals surface area (Å²) < 4.78 is 4.72. The molecular weight excluding hydrogens is 288 g/mol. The molecule has 6 heteroatoms. The average Bonchev–Trinajstić information content (AvgIpc) is 2.41. The van der Waals surface area contributed by atoms with Gasteiger partial charge in [0.2, 0.25) is 0 Å². The van der Waals surface area contributed by atoms with Gasteiger partial charge in [0.15, 0.2) is 0 Å². The van der Waals surface area contributed by atoms with Crippen LogP contribution < -0.4 is 10.6 Å². The normalized spacial score (nSPS) is 13.6. The number of urea groups is 1. The fourth-order valence-electron chi connectivity index (χ4n) is 1.96. The molecule has 0 rings (SSSR count). The molecule has 0 aliphatic rings. The second-order valence-corrected chi connectivity index (χ2v) is 6.69. The molecule has 124 valence electrons. The number of hydrogen-bond acceptors (Lipinski definition) is 4. The zero-order valence-corrected chi connectivity index (χ0v) is 14.7. The van der Waals surface area contributed by atoms with Crippen LogP contribution >= 0.6 is 11.8 Å². The Morgan fingerprint density at radius 1 is 1.10 bits per heavy atom. The van der Waals surface area contributed by atoms with Gasteiger partial charge in [-0.05, 0) is 37.7 Å². The van der Waals surface area contributed by atoms with Gasteiger partial charge in [-0.25, -0.2) is 9.59 Å². The molecule has 2 atom stereocenters. The average molecular weight is 318 g/mol. The first-order valence-corrected chi connectivity index (χ1v) is 8.93. The molecule has 21 heavy (non-hydrogen) atoms. The molecule has 0 bridgehead atoms. The zero-order chi connectivity index (χ0) is 16.3. The van der Waals surface area contributed by atoms with Crippen molar-refractivity contribution in [2.75, 3.05) is 19.1 Å². The molecule has 0 aromatic carbocycles. The van der Waals surface area contributed by atoms with Crippen LogP contribution in [0.3, 0.4) is 0 Å². The second-order valence-electron chi connectivity index (χ2n) is 5.70. The molecule has 0 saturated carbocycles. The van der Waals surface area contributed by atoms with E-state index in [1.807, 2.05) is 13.2 Å². The van der Waals surface area contributed by atoms with Crippen LogP contribution in [0.5, 0.6) is 0 Å². The van der Waals surface area contributed by atoms with E-state index < -0.39 is 12.0 Å². The predicted octanol–water partition coefficient (Wildman–Crippen LogP) is 2.80. The first-order chi connectivity index (χ1) is 9.90. The molecule has 0 heterocycles. The van der Waals surface area contributed by atoms with Crippen molar-refractivity contribution in [3.8, 4) is 0 Å². The van der Waals surface area contributed by atoms with Crippen LogP contribution in [0.4, 0.5) is 4.79 Å². The van der Waals surface area contributed by atoms with Crippen LogP contribution in [0.25, 0.3) is 0 Å². The lowest BCUT2D eigenvalue weighted by molar-refractivity contribution is -0.142. The largest absolute Gasteiger partial charge is 0.467 e. The Bertz CT molecular complexity index is 311. The lowest BCUT2D eigenvalue weighted by Crippen LogP contribution is -2.49. The van der Waals surface area contributed by atoms with Gasteiger partial charge >= 0.3 is 12.0 Å². The number of methoxy groups -OCH3 is 1. The van der Waals surface area contributed by atoms with Gasteiger partial charge in [-0.3, -0.25) is 0 Å². The molecule has 0 fully saturated rings. The van der Waals surface area contributed by atoms with Crippen molar-refractivity contribution in [3.63, 3.8) is 0 Å². The number of esters is 1. The van der Waals surface area contributed by atoms with E-state index in [1.54, 1.807) is 11.8 Å². The van der Waals surface area contributed by atoms with E-state index >= 15 is 0 Å². The van der Waals surface area contributed by atoms with Crippen molar-refractivity contribution in [1.29, 1.82) is 0 Å². The molecule has 2 unspecified atom stereocenters. The van der Waals surface area contributed by atoms with Gasteiger partial charge in [0.25, 0.3) is 0 Å². The van der Waals surface area contributed by atoms with Gasteiger partial charge < -0.3 is 15.4 Å². The standard InChI is InChI=1S/C15H30N2O3S/c1-11(2)7-6-8-12(3)16-15(19)17-13(9-10-21-5)14(18)20-4/h11-13H,6-10H2,1-5H3,(H2,16,17,19). The highest BCUT2D eigenvalue weighted by Crippen LogP contribution is 2.08. The van der Waals surface area contributed by atoms with E-state index in [2.05, 4.69) is 24.5 Å². The first-order valence-electron chi connectivity index (χ1n) is 7.54. The number of nitrogens with one attached hydrogen (secondary N) is 2. The number of rotatable bonds is 10. The Balaban J connectivity index is 4.14. The van der Waals surface area contributed by atoms with E-state index in [0.29, 0.717) is 12.3 Å². The minimum atomic E-state index is -0.578. The van der Waals surface area contributed by atoms with Gasteiger partial charge in [-0.2, -0.15) is 11.8 Å². The summed E-state index contributed by atoms with van der Waals surface area (Å²) in [6.45, 7) is 6.37. The molecular formula is C15H30N2O3S. The quantitative estimate of drug-likeness (QED) is 0.608. The summed E-state index contributed by atoms with van der Waals surface area (Å²) in [7, 11) is 1.34. The van der Waals surface area contributed by atoms with Crippen LogP contribution in [0, 0.1) is 5.92 Å². The van der Waals surface area contributed by atoms with Crippen molar-refractivity contribution in [3.05, 3.63) is 0 Å². The number of carbonyl (C=O) groups is 2. The maximum absolute atomic E-state index is 11.9. The van der Waals surface area contributed by atoms with Gasteiger partial charge in [-0.1, -0.05) is 26.7 Å². The number of hydrogen-bond donors (Lipinski definition) is 2. The van der Waals surface area contributed by atoms with E-state index in [0.717, 1.165) is 25.0 Å². The monoisotopic (exact) mass is 318 g/mol. The Kier molecular flexibility index (Phi) is 11.2. The summed E-state index contributed by atoms with van der Waals surface area (Å²) >= 11 is 1.63. The number of ether oxygens (including phenoxy) is 1. The highest BCUT2D eigenvalue weighted by atomic mass is 32.2. The van der Waals surface area contributed by atoms with Gasteiger partial charge in [-0.15, -0.1) is 0 Å². The third-order valence-electron chi connectivity index (χ3n) is 3.20. The van der Waals surface area contributed by atoms with Gasteiger partial charge in [0.1, 0.15) is 6.04 Å². The lowest BCUT2D eigenvalue weighted by Gasteiger charge is -2.19. The molecule has 2 N–H and O–H groups in total. The minimum absolute atomic E-state index is 0.0996. The zero-order valence-electron chi connectivity index (χ0n) is 13.9. The molecule has 0 aromatic heterocycles. The minimum Gasteiger partial charge on any atom is -0.467 e. The predicted molar refractivity (Wildman–Crippen MR) is 88.6 cm³/mol. The van der Waals surface area contributed by atoms with Gasteiger partial charge in [0.05, 0.1) is 7.11 Å². The van der Waals surface area contributed by atoms with Gasteiger partial charge in [0, 0.05) is 6.04 Å². The van der Waals surface area contributed by atoms with E-state index in [-0.39, 0.29) is 12.1 Å². The summed E-state index contributed by atoms with van der Waals surface area (Å²) in [5.41, 5.74) is 0. The summed E-state index contributed by atoms with van der Waals surface area (Å²) in [5.74, 6) is 1.08. The van der Waals surface area contributed by atoms with Crippen molar-refractivity contribution in [2.24, 2.45) is 5.92 Å².